The maximum Gasteiger partial charge on any atom is 0.273 e. The van der Waals surface area contributed by atoms with Gasteiger partial charge in [-0.2, -0.15) is 0 Å². The molecule has 0 atom stereocenters. The highest BCUT2D eigenvalue weighted by Gasteiger charge is 2.18. The van der Waals surface area contributed by atoms with Gasteiger partial charge >= 0.3 is 0 Å². The van der Waals surface area contributed by atoms with Crippen LogP contribution in [0.1, 0.15) is 47.8 Å². The predicted molar refractivity (Wildman–Crippen MR) is 99.4 cm³/mol. The van der Waals surface area contributed by atoms with Crippen molar-refractivity contribution in [2.24, 2.45) is 0 Å². The second-order valence-electron chi connectivity index (χ2n) is 6.69. The molecule has 140 valence electrons. The largest absolute Gasteiger partial charge is 0.494 e. The zero-order valence-electron chi connectivity index (χ0n) is 15.3. The molecule has 1 aromatic carbocycles. The van der Waals surface area contributed by atoms with Crippen LogP contribution in [0.25, 0.3) is 0 Å². The molecule has 0 unspecified atom stereocenters. The Bertz CT molecular complexity index is 692. The molecule has 3 rings (SSSR count). The molecule has 1 aliphatic rings. The summed E-state index contributed by atoms with van der Waals surface area (Å²) in [5.74, 6) is 0.721. The summed E-state index contributed by atoms with van der Waals surface area (Å²) in [5.41, 5.74) is 1.61. The summed E-state index contributed by atoms with van der Waals surface area (Å²) in [6.07, 6.45) is 5.54. The first kappa shape index (κ1) is 18.4. The molecule has 2 aromatic rings. The van der Waals surface area contributed by atoms with Crippen LogP contribution in [0, 0.1) is 6.92 Å². The second-order valence-corrected chi connectivity index (χ2v) is 6.69. The van der Waals surface area contributed by atoms with Crippen LogP contribution in [0.4, 0.5) is 0 Å². The lowest BCUT2D eigenvalue weighted by atomic mass is 10.1. The van der Waals surface area contributed by atoms with Gasteiger partial charge in [0.1, 0.15) is 5.75 Å². The molecular formula is C19H27N5O2. The molecule has 0 saturated carbocycles. The first-order valence-corrected chi connectivity index (χ1v) is 9.32. The van der Waals surface area contributed by atoms with Crippen LogP contribution < -0.4 is 15.4 Å². The quantitative estimate of drug-likeness (QED) is 0.707. The molecule has 0 spiro atoms. The highest BCUT2D eigenvalue weighted by Crippen LogP contribution is 2.17. The zero-order chi connectivity index (χ0) is 18.2. The number of unbranched alkanes of at least 4 members (excludes halogenated alkanes) is 1. The normalized spacial score (nSPS) is 15.0. The summed E-state index contributed by atoms with van der Waals surface area (Å²) in [7, 11) is 0. The Labute approximate surface area is 154 Å². The van der Waals surface area contributed by atoms with E-state index in [9.17, 15) is 4.79 Å². The summed E-state index contributed by atoms with van der Waals surface area (Å²) in [5, 5.41) is 14.3. The Morgan fingerprint density at radius 2 is 2.04 bits per heavy atom. The molecule has 26 heavy (non-hydrogen) atoms. The molecule has 1 amide bonds. The van der Waals surface area contributed by atoms with Crippen molar-refractivity contribution in [1.29, 1.82) is 0 Å². The molecule has 1 aromatic heterocycles. The number of ether oxygens (including phenoxy) is 1. The molecule has 0 aliphatic carbocycles. The van der Waals surface area contributed by atoms with Gasteiger partial charge in [-0.25, -0.2) is 4.68 Å². The van der Waals surface area contributed by atoms with Crippen LogP contribution in [-0.4, -0.2) is 47.1 Å². The number of aromatic nitrogens is 3. The minimum Gasteiger partial charge on any atom is -0.494 e. The third-order valence-corrected chi connectivity index (χ3v) is 4.57. The van der Waals surface area contributed by atoms with E-state index in [1.165, 1.54) is 5.56 Å². The van der Waals surface area contributed by atoms with E-state index in [4.69, 9.17) is 4.74 Å². The van der Waals surface area contributed by atoms with Gasteiger partial charge < -0.3 is 15.4 Å². The minimum absolute atomic E-state index is 0.162. The number of rotatable bonds is 8. The van der Waals surface area contributed by atoms with Crippen molar-refractivity contribution < 1.29 is 9.53 Å². The van der Waals surface area contributed by atoms with Gasteiger partial charge in [0.05, 0.1) is 18.8 Å². The molecule has 0 bridgehead atoms. The maximum atomic E-state index is 12.2. The lowest BCUT2D eigenvalue weighted by Crippen LogP contribution is -2.29. The van der Waals surface area contributed by atoms with Crippen molar-refractivity contribution in [3.05, 3.63) is 41.7 Å². The Balaban J connectivity index is 1.32. The van der Waals surface area contributed by atoms with E-state index in [0.29, 0.717) is 24.9 Å². The third-order valence-electron chi connectivity index (χ3n) is 4.57. The second kappa shape index (κ2) is 9.33. The lowest BCUT2D eigenvalue weighted by Gasteiger charge is -2.22. The first-order chi connectivity index (χ1) is 12.7. The number of aryl methyl sites for hydroxylation is 1. The molecule has 0 radical (unpaired) electrons. The van der Waals surface area contributed by atoms with Gasteiger partial charge in [-0.1, -0.05) is 22.9 Å². The van der Waals surface area contributed by atoms with Gasteiger partial charge in [0.15, 0.2) is 5.69 Å². The predicted octanol–water partition coefficient (Wildman–Crippen LogP) is 2.10. The van der Waals surface area contributed by atoms with Gasteiger partial charge in [0, 0.05) is 6.54 Å². The molecular weight excluding hydrogens is 330 g/mol. The summed E-state index contributed by atoms with van der Waals surface area (Å²) in [4.78, 5) is 12.2. The molecule has 1 fully saturated rings. The smallest absolute Gasteiger partial charge is 0.273 e. The van der Waals surface area contributed by atoms with Crippen LogP contribution in [0.5, 0.6) is 5.75 Å². The lowest BCUT2D eigenvalue weighted by molar-refractivity contribution is 0.0947. The van der Waals surface area contributed by atoms with Crippen LogP contribution in [0.3, 0.4) is 0 Å². The van der Waals surface area contributed by atoms with Gasteiger partial charge in [-0.05, 0) is 57.8 Å². The van der Waals surface area contributed by atoms with Crippen LogP contribution in [-0.2, 0) is 0 Å². The number of carbonyl (C=O) groups excluding carboxylic acids is 1. The van der Waals surface area contributed by atoms with E-state index in [1.807, 2.05) is 28.9 Å². The summed E-state index contributed by atoms with van der Waals surface area (Å²) >= 11 is 0. The first-order valence-electron chi connectivity index (χ1n) is 9.32. The average molecular weight is 357 g/mol. The summed E-state index contributed by atoms with van der Waals surface area (Å²) in [6.45, 7) is 5.27. The number of amides is 1. The number of nitrogens with one attached hydrogen (secondary N) is 2. The molecule has 7 nitrogen and oxygen atoms in total. The van der Waals surface area contributed by atoms with E-state index in [2.05, 4.69) is 27.9 Å². The monoisotopic (exact) mass is 357 g/mol. The Morgan fingerprint density at radius 1 is 1.27 bits per heavy atom. The van der Waals surface area contributed by atoms with Crippen LogP contribution in [0.2, 0.25) is 0 Å². The van der Waals surface area contributed by atoms with Crippen molar-refractivity contribution in [3.8, 4) is 5.75 Å². The minimum atomic E-state index is -0.162. The van der Waals surface area contributed by atoms with Gasteiger partial charge in [0.2, 0.25) is 0 Å². The highest BCUT2D eigenvalue weighted by molar-refractivity contribution is 5.91. The van der Waals surface area contributed by atoms with Crippen LogP contribution >= 0.6 is 0 Å². The summed E-state index contributed by atoms with van der Waals surface area (Å²) < 4.78 is 7.50. The van der Waals surface area contributed by atoms with Crippen molar-refractivity contribution in [2.75, 3.05) is 26.2 Å². The summed E-state index contributed by atoms with van der Waals surface area (Å²) in [6, 6.07) is 8.36. The molecule has 1 aliphatic heterocycles. The van der Waals surface area contributed by atoms with Gasteiger partial charge in [-0.15, -0.1) is 5.10 Å². The molecule has 2 heterocycles. The Kier molecular flexibility index (Phi) is 6.60. The molecule has 2 N–H and O–H groups in total. The van der Waals surface area contributed by atoms with E-state index >= 15 is 0 Å². The average Bonchev–Trinajstić information content (AvgIpc) is 3.17. The SMILES string of the molecule is Cc1ccc(OCCCCNC(=O)c2cn(C3CCNCC3)nn2)cc1. The van der Waals surface area contributed by atoms with Crippen molar-refractivity contribution in [3.63, 3.8) is 0 Å². The van der Waals surface area contributed by atoms with E-state index < -0.39 is 0 Å². The van der Waals surface area contributed by atoms with E-state index in [-0.39, 0.29) is 5.91 Å². The van der Waals surface area contributed by atoms with Crippen molar-refractivity contribution >= 4 is 5.91 Å². The maximum absolute atomic E-state index is 12.2. The highest BCUT2D eigenvalue weighted by atomic mass is 16.5. The zero-order valence-corrected chi connectivity index (χ0v) is 15.3. The van der Waals surface area contributed by atoms with E-state index in [1.54, 1.807) is 6.20 Å². The Morgan fingerprint density at radius 3 is 2.81 bits per heavy atom. The molecule has 7 heteroatoms. The Hall–Kier alpha value is -2.41. The fraction of sp³-hybridized carbons (Fsp3) is 0.526. The number of nitrogens with zero attached hydrogens (tertiary/aromatic N) is 3. The number of hydrogen-bond donors (Lipinski definition) is 2. The van der Waals surface area contributed by atoms with Gasteiger partial charge in [-0.3, -0.25) is 4.79 Å². The van der Waals surface area contributed by atoms with Crippen molar-refractivity contribution in [2.45, 2.75) is 38.6 Å². The topological polar surface area (TPSA) is 81.1 Å². The molecule has 1 saturated heterocycles. The van der Waals surface area contributed by atoms with Crippen molar-refractivity contribution in [1.82, 2.24) is 25.6 Å². The van der Waals surface area contributed by atoms with E-state index in [0.717, 1.165) is 44.5 Å². The number of piperidine rings is 1. The van der Waals surface area contributed by atoms with Gasteiger partial charge in [0.25, 0.3) is 5.91 Å². The number of benzene rings is 1. The fourth-order valence-electron chi connectivity index (χ4n) is 2.97. The fourth-order valence-corrected chi connectivity index (χ4v) is 2.97. The van der Waals surface area contributed by atoms with Crippen LogP contribution in [0.15, 0.2) is 30.5 Å². The third kappa shape index (κ3) is 5.29. The number of carbonyl (C=O) groups is 1. The standard InChI is InChI=1S/C19H27N5O2/c1-15-4-6-17(7-5-15)26-13-3-2-10-21-19(25)18-14-24(23-22-18)16-8-11-20-12-9-16/h4-7,14,16,20H,2-3,8-13H2,1H3,(H,21,25). The number of hydrogen-bond acceptors (Lipinski definition) is 5.